The molecule has 7 nitrogen and oxygen atoms in total. The van der Waals surface area contributed by atoms with E-state index >= 15 is 0 Å². The van der Waals surface area contributed by atoms with E-state index in [1.54, 1.807) is 12.1 Å². The number of anilines is 1. The van der Waals surface area contributed by atoms with Crippen molar-refractivity contribution in [2.24, 2.45) is 0 Å². The SMILES string of the molecule is O=C(c1ccc(Oc2ccc(C3CCC4(CC3)OCCO4)cc2CO)cc1)N1CCN(c2ccc(Cl)cc2)CC1. The third-order valence-electron chi connectivity index (χ3n) is 8.37. The normalized spacial score (nSPS) is 19.2. The number of rotatable bonds is 6. The van der Waals surface area contributed by atoms with E-state index in [0.717, 1.165) is 55.0 Å². The van der Waals surface area contributed by atoms with Crippen LogP contribution >= 0.6 is 11.6 Å². The zero-order valence-electron chi connectivity index (χ0n) is 22.6. The fourth-order valence-electron chi connectivity index (χ4n) is 6.05. The van der Waals surface area contributed by atoms with Gasteiger partial charge in [-0.2, -0.15) is 0 Å². The average molecular weight is 563 g/mol. The van der Waals surface area contributed by atoms with Gasteiger partial charge in [0.25, 0.3) is 5.91 Å². The molecule has 3 aromatic rings. The Morgan fingerprint density at radius 1 is 0.925 bits per heavy atom. The van der Waals surface area contributed by atoms with E-state index in [2.05, 4.69) is 17.0 Å². The largest absolute Gasteiger partial charge is 0.457 e. The van der Waals surface area contributed by atoms with E-state index < -0.39 is 0 Å². The number of carbonyl (C=O) groups is 1. The van der Waals surface area contributed by atoms with Crippen molar-refractivity contribution in [3.8, 4) is 11.5 Å². The minimum Gasteiger partial charge on any atom is -0.457 e. The third-order valence-corrected chi connectivity index (χ3v) is 8.63. The van der Waals surface area contributed by atoms with Crippen LogP contribution in [0.15, 0.2) is 66.7 Å². The lowest BCUT2D eigenvalue weighted by Gasteiger charge is -2.36. The first kappa shape index (κ1) is 27.1. The molecule has 1 amide bonds. The fourth-order valence-corrected chi connectivity index (χ4v) is 6.17. The van der Waals surface area contributed by atoms with Crippen molar-refractivity contribution in [3.05, 3.63) is 88.4 Å². The van der Waals surface area contributed by atoms with Crippen molar-refractivity contribution >= 4 is 23.2 Å². The number of aliphatic hydroxyl groups is 1. The molecule has 2 saturated heterocycles. The Balaban J connectivity index is 1.05. The number of benzene rings is 3. The van der Waals surface area contributed by atoms with Crippen molar-refractivity contribution in [1.82, 2.24) is 4.90 Å². The Kier molecular flexibility index (Phi) is 7.98. The van der Waals surface area contributed by atoms with Crippen LogP contribution in [-0.2, 0) is 16.1 Å². The van der Waals surface area contributed by atoms with Crippen molar-refractivity contribution in [3.63, 3.8) is 0 Å². The van der Waals surface area contributed by atoms with Gasteiger partial charge >= 0.3 is 0 Å². The highest BCUT2D eigenvalue weighted by molar-refractivity contribution is 6.30. The number of piperazine rings is 1. The first-order chi connectivity index (χ1) is 19.5. The summed E-state index contributed by atoms with van der Waals surface area (Å²) in [6, 6.07) is 21.1. The van der Waals surface area contributed by atoms with E-state index in [4.69, 9.17) is 25.8 Å². The van der Waals surface area contributed by atoms with Gasteiger partial charge in [-0.25, -0.2) is 0 Å². The van der Waals surface area contributed by atoms with E-state index in [1.165, 1.54) is 5.56 Å². The number of hydrogen-bond donors (Lipinski definition) is 1. The Hall–Kier alpha value is -3.10. The Morgan fingerprint density at radius 3 is 2.25 bits per heavy atom. The second-order valence-corrected chi connectivity index (χ2v) is 11.2. The molecular formula is C32H35ClN2O5. The average Bonchev–Trinajstić information content (AvgIpc) is 3.46. The van der Waals surface area contributed by atoms with Gasteiger partial charge in [0, 0.05) is 60.9 Å². The van der Waals surface area contributed by atoms with Gasteiger partial charge in [0.15, 0.2) is 5.79 Å². The molecule has 210 valence electrons. The Morgan fingerprint density at radius 2 is 1.60 bits per heavy atom. The van der Waals surface area contributed by atoms with Gasteiger partial charge in [-0.1, -0.05) is 17.7 Å². The Bertz CT molecular complexity index is 1310. The maximum atomic E-state index is 13.1. The molecule has 0 atom stereocenters. The standard InChI is InChI=1S/C32H35ClN2O5/c33-27-4-6-28(7-5-27)34-15-17-35(18-16-34)31(37)24-1-8-29(9-2-24)40-30-10-3-25(21-26(30)22-36)23-11-13-32(14-12-23)38-19-20-39-32/h1-10,21,23,36H,11-20,22H2. The molecule has 3 fully saturated rings. The molecule has 2 heterocycles. The maximum absolute atomic E-state index is 13.1. The van der Waals surface area contributed by atoms with Gasteiger partial charge in [-0.05, 0) is 85.0 Å². The maximum Gasteiger partial charge on any atom is 0.253 e. The molecule has 1 spiro atoms. The van der Waals surface area contributed by atoms with Crippen molar-refractivity contribution in [1.29, 1.82) is 0 Å². The van der Waals surface area contributed by atoms with Crippen molar-refractivity contribution in [2.45, 2.75) is 44.0 Å². The summed E-state index contributed by atoms with van der Waals surface area (Å²) in [6.45, 7) is 4.13. The van der Waals surface area contributed by atoms with Crippen LogP contribution in [0.1, 0.15) is 53.1 Å². The number of ether oxygens (including phenoxy) is 3. The van der Waals surface area contributed by atoms with Gasteiger partial charge in [0.1, 0.15) is 11.5 Å². The van der Waals surface area contributed by atoms with Gasteiger partial charge in [0.05, 0.1) is 19.8 Å². The zero-order valence-corrected chi connectivity index (χ0v) is 23.3. The highest BCUT2D eigenvalue weighted by Gasteiger charge is 2.40. The third kappa shape index (κ3) is 5.84. The van der Waals surface area contributed by atoms with Crippen LogP contribution in [0.5, 0.6) is 11.5 Å². The summed E-state index contributed by atoms with van der Waals surface area (Å²) in [7, 11) is 0. The molecule has 0 aromatic heterocycles. The second kappa shape index (κ2) is 11.8. The van der Waals surface area contributed by atoms with Crippen LogP contribution in [-0.4, -0.2) is 61.1 Å². The van der Waals surface area contributed by atoms with Crippen molar-refractivity contribution in [2.75, 3.05) is 44.3 Å². The predicted molar refractivity (Wildman–Crippen MR) is 154 cm³/mol. The highest BCUT2D eigenvalue weighted by Crippen LogP contribution is 2.43. The summed E-state index contributed by atoms with van der Waals surface area (Å²) in [5.41, 5.74) is 3.72. The number of aliphatic hydroxyl groups excluding tert-OH is 1. The fraction of sp³-hybridized carbons (Fsp3) is 0.406. The topological polar surface area (TPSA) is 71.5 Å². The lowest BCUT2D eigenvalue weighted by molar-refractivity contribution is -0.178. The number of nitrogens with zero attached hydrogens (tertiary/aromatic N) is 2. The molecular weight excluding hydrogens is 528 g/mol. The van der Waals surface area contributed by atoms with Crippen LogP contribution in [0.4, 0.5) is 5.69 Å². The summed E-state index contributed by atoms with van der Waals surface area (Å²) < 4.78 is 17.9. The summed E-state index contributed by atoms with van der Waals surface area (Å²) in [5.74, 6) is 1.31. The molecule has 3 aliphatic rings. The molecule has 2 aliphatic heterocycles. The highest BCUT2D eigenvalue weighted by atomic mass is 35.5. The summed E-state index contributed by atoms with van der Waals surface area (Å²) in [6.07, 6.45) is 3.79. The number of hydrogen-bond acceptors (Lipinski definition) is 6. The molecule has 0 unspecified atom stereocenters. The van der Waals surface area contributed by atoms with Gasteiger partial charge in [-0.15, -0.1) is 0 Å². The summed E-state index contributed by atoms with van der Waals surface area (Å²) >= 11 is 6.01. The predicted octanol–water partition coefficient (Wildman–Crippen LogP) is 5.99. The molecule has 40 heavy (non-hydrogen) atoms. The number of amides is 1. The smallest absolute Gasteiger partial charge is 0.253 e. The molecule has 0 radical (unpaired) electrons. The minimum atomic E-state index is -0.376. The van der Waals surface area contributed by atoms with Gasteiger partial charge in [0.2, 0.25) is 0 Å². The molecule has 0 bridgehead atoms. The quantitative estimate of drug-likeness (QED) is 0.398. The first-order valence-corrected chi connectivity index (χ1v) is 14.5. The second-order valence-electron chi connectivity index (χ2n) is 10.8. The van der Waals surface area contributed by atoms with Gasteiger partial charge < -0.3 is 29.1 Å². The van der Waals surface area contributed by atoms with E-state index in [9.17, 15) is 9.90 Å². The lowest BCUT2D eigenvalue weighted by Crippen LogP contribution is -2.48. The number of halogens is 1. The van der Waals surface area contributed by atoms with E-state index in [1.807, 2.05) is 47.4 Å². The lowest BCUT2D eigenvalue weighted by atomic mass is 9.80. The molecule has 8 heteroatoms. The van der Waals surface area contributed by atoms with Crippen LogP contribution in [0.25, 0.3) is 0 Å². The molecule has 3 aromatic carbocycles. The Labute approximate surface area is 240 Å². The van der Waals surface area contributed by atoms with E-state index in [-0.39, 0.29) is 18.3 Å². The summed E-state index contributed by atoms with van der Waals surface area (Å²) in [5, 5.41) is 10.8. The van der Waals surface area contributed by atoms with Crippen LogP contribution in [0, 0.1) is 0 Å². The molecule has 6 rings (SSSR count). The first-order valence-electron chi connectivity index (χ1n) is 14.1. The van der Waals surface area contributed by atoms with Crippen molar-refractivity contribution < 1.29 is 24.1 Å². The zero-order chi connectivity index (χ0) is 27.5. The molecule has 1 saturated carbocycles. The van der Waals surface area contributed by atoms with E-state index in [0.29, 0.717) is 49.3 Å². The number of carbonyl (C=O) groups excluding carboxylic acids is 1. The van der Waals surface area contributed by atoms with Gasteiger partial charge in [-0.3, -0.25) is 4.79 Å². The minimum absolute atomic E-state index is 0.0189. The van der Waals surface area contributed by atoms with Crippen LogP contribution in [0.3, 0.4) is 0 Å². The molecule has 1 aliphatic carbocycles. The van der Waals surface area contributed by atoms with Crippen LogP contribution < -0.4 is 9.64 Å². The summed E-state index contributed by atoms with van der Waals surface area (Å²) in [4.78, 5) is 17.3. The monoisotopic (exact) mass is 562 g/mol. The molecule has 1 N–H and O–H groups in total. The van der Waals surface area contributed by atoms with Crippen LogP contribution in [0.2, 0.25) is 5.02 Å².